The molecule has 0 aliphatic heterocycles. The standard InChI is InChI=1S/C10H7FN2O2/c11-7-1-3-8(4-2-7)13-10(15)5-9(14)6-12-13/h1-6,14H. The van der Waals surface area contributed by atoms with E-state index < -0.39 is 5.56 Å². The zero-order valence-corrected chi connectivity index (χ0v) is 7.59. The van der Waals surface area contributed by atoms with Crippen LogP contribution >= 0.6 is 0 Å². The molecule has 2 rings (SSSR count). The van der Waals surface area contributed by atoms with Crippen molar-refractivity contribution < 1.29 is 9.50 Å². The van der Waals surface area contributed by atoms with Crippen molar-refractivity contribution in [1.29, 1.82) is 0 Å². The van der Waals surface area contributed by atoms with Crippen LogP contribution in [0.1, 0.15) is 0 Å². The lowest BCUT2D eigenvalue weighted by atomic mass is 10.3. The second-order valence-electron chi connectivity index (χ2n) is 2.94. The van der Waals surface area contributed by atoms with Gasteiger partial charge in [-0.1, -0.05) is 0 Å². The fourth-order valence-corrected chi connectivity index (χ4v) is 1.17. The summed E-state index contributed by atoms with van der Waals surface area (Å²) in [6.07, 6.45) is 1.14. The van der Waals surface area contributed by atoms with Gasteiger partial charge in [-0.15, -0.1) is 0 Å². The fraction of sp³-hybridized carbons (Fsp3) is 0. The third-order valence-electron chi connectivity index (χ3n) is 1.86. The van der Waals surface area contributed by atoms with Crippen molar-refractivity contribution in [2.24, 2.45) is 0 Å². The van der Waals surface area contributed by atoms with E-state index in [0.29, 0.717) is 5.69 Å². The Morgan fingerprint density at radius 3 is 2.53 bits per heavy atom. The monoisotopic (exact) mass is 206 g/mol. The lowest BCUT2D eigenvalue weighted by molar-refractivity contribution is 0.467. The van der Waals surface area contributed by atoms with Crippen molar-refractivity contribution in [1.82, 2.24) is 9.78 Å². The van der Waals surface area contributed by atoms with Crippen molar-refractivity contribution in [2.75, 3.05) is 0 Å². The van der Waals surface area contributed by atoms with E-state index in [4.69, 9.17) is 5.11 Å². The molecule has 0 aliphatic rings. The van der Waals surface area contributed by atoms with Gasteiger partial charge in [0.05, 0.1) is 11.9 Å². The molecule has 0 spiro atoms. The molecule has 0 fully saturated rings. The molecule has 1 N–H and O–H groups in total. The number of aromatic hydroxyl groups is 1. The van der Waals surface area contributed by atoms with Crippen LogP contribution in [0.3, 0.4) is 0 Å². The van der Waals surface area contributed by atoms with Gasteiger partial charge in [0.2, 0.25) is 0 Å². The SMILES string of the molecule is O=c1cc(O)cnn1-c1ccc(F)cc1. The second kappa shape index (κ2) is 3.53. The van der Waals surface area contributed by atoms with Gasteiger partial charge < -0.3 is 5.11 Å². The van der Waals surface area contributed by atoms with Gasteiger partial charge in [-0.25, -0.2) is 4.39 Å². The predicted molar refractivity (Wildman–Crippen MR) is 51.5 cm³/mol. The number of aromatic nitrogens is 2. The summed E-state index contributed by atoms with van der Waals surface area (Å²) in [7, 11) is 0. The summed E-state index contributed by atoms with van der Waals surface area (Å²) in [4.78, 5) is 11.4. The van der Waals surface area contributed by atoms with Gasteiger partial charge in [-0.3, -0.25) is 4.79 Å². The first-order chi connectivity index (χ1) is 7.16. The first-order valence-corrected chi connectivity index (χ1v) is 4.21. The van der Waals surface area contributed by atoms with Crippen LogP contribution in [0.15, 0.2) is 41.3 Å². The van der Waals surface area contributed by atoms with Crippen molar-refractivity contribution in [3.8, 4) is 11.4 Å². The summed E-state index contributed by atoms with van der Waals surface area (Å²) in [5.41, 5.74) is -0.0250. The third kappa shape index (κ3) is 1.85. The van der Waals surface area contributed by atoms with Gasteiger partial charge in [0.15, 0.2) is 0 Å². The maximum Gasteiger partial charge on any atom is 0.275 e. The molecule has 0 saturated carbocycles. The molecule has 1 aromatic carbocycles. The number of hydrogen-bond donors (Lipinski definition) is 1. The summed E-state index contributed by atoms with van der Waals surface area (Å²) < 4.78 is 13.7. The molecule has 0 bridgehead atoms. The highest BCUT2D eigenvalue weighted by Gasteiger charge is 2.01. The molecule has 0 amide bonds. The van der Waals surface area contributed by atoms with Crippen LogP contribution < -0.4 is 5.56 Å². The molecule has 2 aromatic rings. The highest BCUT2D eigenvalue weighted by atomic mass is 19.1. The smallest absolute Gasteiger partial charge is 0.275 e. The molecule has 0 saturated heterocycles. The van der Waals surface area contributed by atoms with E-state index in [9.17, 15) is 9.18 Å². The molecule has 76 valence electrons. The molecular formula is C10H7FN2O2. The Morgan fingerprint density at radius 1 is 1.27 bits per heavy atom. The minimum atomic E-state index is -0.471. The number of benzene rings is 1. The molecule has 0 aliphatic carbocycles. The lowest BCUT2D eigenvalue weighted by Crippen LogP contribution is -2.19. The number of halogens is 1. The Hall–Kier alpha value is -2.17. The molecule has 1 heterocycles. The van der Waals surface area contributed by atoms with Crippen LogP contribution in [0.2, 0.25) is 0 Å². The number of hydrogen-bond acceptors (Lipinski definition) is 3. The van der Waals surface area contributed by atoms with Gasteiger partial charge in [0, 0.05) is 6.07 Å². The molecule has 0 atom stereocenters. The van der Waals surface area contributed by atoms with Gasteiger partial charge in [-0.05, 0) is 24.3 Å². The van der Waals surface area contributed by atoms with Crippen molar-refractivity contribution in [3.63, 3.8) is 0 Å². The van der Waals surface area contributed by atoms with E-state index in [-0.39, 0.29) is 11.6 Å². The van der Waals surface area contributed by atoms with E-state index in [1.165, 1.54) is 24.3 Å². The van der Waals surface area contributed by atoms with E-state index in [1.54, 1.807) is 0 Å². The predicted octanol–water partition coefficient (Wildman–Crippen LogP) is 1.08. The lowest BCUT2D eigenvalue weighted by Gasteiger charge is -2.02. The topological polar surface area (TPSA) is 55.1 Å². The fourth-order valence-electron chi connectivity index (χ4n) is 1.17. The first-order valence-electron chi connectivity index (χ1n) is 4.21. The van der Waals surface area contributed by atoms with Crippen molar-refractivity contribution >= 4 is 0 Å². The summed E-state index contributed by atoms with van der Waals surface area (Å²) in [6, 6.07) is 6.37. The zero-order chi connectivity index (χ0) is 10.8. The van der Waals surface area contributed by atoms with Crippen LogP contribution in [-0.2, 0) is 0 Å². The molecule has 0 radical (unpaired) electrons. The highest BCUT2D eigenvalue weighted by molar-refractivity contribution is 5.31. The molecule has 5 heteroatoms. The zero-order valence-electron chi connectivity index (χ0n) is 7.59. The summed E-state index contributed by atoms with van der Waals surface area (Å²) in [6.45, 7) is 0. The molecule has 1 aromatic heterocycles. The minimum absolute atomic E-state index is 0.196. The van der Waals surface area contributed by atoms with E-state index in [0.717, 1.165) is 16.9 Å². The minimum Gasteiger partial charge on any atom is -0.506 e. The van der Waals surface area contributed by atoms with Crippen LogP contribution in [0.25, 0.3) is 5.69 Å². The maximum atomic E-state index is 12.6. The summed E-state index contributed by atoms with van der Waals surface area (Å²) >= 11 is 0. The van der Waals surface area contributed by atoms with Crippen molar-refractivity contribution in [3.05, 3.63) is 52.7 Å². The molecule has 4 nitrogen and oxygen atoms in total. The van der Waals surface area contributed by atoms with Gasteiger partial charge in [-0.2, -0.15) is 9.78 Å². The van der Waals surface area contributed by atoms with Crippen LogP contribution in [0, 0.1) is 5.82 Å². The van der Waals surface area contributed by atoms with E-state index in [1.807, 2.05) is 0 Å². The Morgan fingerprint density at radius 2 is 1.93 bits per heavy atom. The van der Waals surface area contributed by atoms with Gasteiger partial charge in [0.25, 0.3) is 5.56 Å². The Labute approximate surface area is 84.2 Å². The Bertz CT molecular complexity index is 534. The highest BCUT2D eigenvalue weighted by Crippen LogP contribution is 2.06. The van der Waals surface area contributed by atoms with Gasteiger partial charge in [0.1, 0.15) is 11.6 Å². The largest absolute Gasteiger partial charge is 0.506 e. The van der Waals surface area contributed by atoms with Crippen molar-refractivity contribution in [2.45, 2.75) is 0 Å². The molecule has 0 unspecified atom stereocenters. The average molecular weight is 206 g/mol. The Kier molecular flexibility index (Phi) is 2.21. The second-order valence-corrected chi connectivity index (χ2v) is 2.94. The third-order valence-corrected chi connectivity index (χ3v) is 1.86. The quantitative estimate of drug-likeness (QED) is 0.759. The summed E-state index contributed by atoms with van der Waals surface area (Å²) in [5.74, 6) is -0.580. The van der Waals surface area contributed by atoms with E-state index in [2.05, 4.69) is 5.10 Å². The van der Waals surface area contributed by atoms with Crippen LogP contribution in [0.4, 0.5) is 4.39 Å². The number of rotatable bonds is 1. The number of nitrogens with zero attached hydrogens (tertiary/aromatic N) is 2. The maximum absolute atomic E-state index is 12.6. The van der Waals surface area contributed by atoms with E-state index >= 15 is 0 Å². The van der Waals surface area contributed by atoms with Crippen LogP contribution in [0.5, 0.6) is 5.75 Å². The van der Waals surface area contributed by atoms with Gasteiger partial charge >= 0.3 is 0 Å². The molecule has 15 heavy (non-hydrogen) atoms. The van der Waals surface area contributed by atoms with Crippen LogP contribution in [-0.4, -0.2) is 14.9 Å². The first kappa shape index (κ1) is 9.39. The average Bonchev–Trinajstić information content (AvgIpc) is 2.20. The normalized spacial score (nSPS) is 10.2. The summed E-state index contributed by atoms with van der Waals surface area (Å²) in [5, 5.41) is 12.7. The Balaban J connectivity index is 2.55. The molecular weight excluding hydrogens is 199 g/mol.